The molecule has 0 fully saturated rings. The highest BCUT2D eigenvalue weighted by atomic mass is 35.5. The maximum absolute atomic E-state index is 12.9. The topological polar surface area (TPSA) is 54.4 Å². The highest BCUT2D eigenvalue weighted by molar-refractivity contribution is 7.11. The van der Waals surface area contributed by atoms with Crippen LogP contribution < -0.4 is 5.32 Å². The Bertz CT molecular complexity index is 899. The van der Waals surface area contributed by atoms with Crippen molar-refractivity contribution in [1.82, 2.24) is 10.3 Å². The average Bonchev–Trinajstić information content (AvgIpc) is 3.07. The molecule has 4 nitrogen and oxygen atoms in total. The second-order valence-electron chi connectivity index (χ2n) is 7.20. The number of halogens is 1. The van der Waals surface area contributed by atoms with Crippen LogP contribution in [0.1, 0.15) is 43.3 Å². The van der Waals surface area contributed by atoms with Crippen LogP contribution in [0.4, 0.5) is 0 Å². The number of Topliss-reactive ketones (excluding diaryl/α,β-unsaturated/α-hetero) is 1. The van der Waals surface area contributed by atoms with Crippen LogP contribution in [0.2, 0.25) is 5.02 Å². The number of rotatable bonds is 2. The first-order chi connectivity index (χ1) is 11.9. The van der Waals surface area contributed by atoms with Crippen LogP contribution >= 0.6 is 22.9 Å². The van der Waals surface area contributed by atoms with Crippen molar-refractivity contribution in [3.8, 4) is 0 Å². The zero-order valence-corrected chi connectivity index (χ0v) is 15.6. The van der Waals surface area contributed by atoms with Crippen LogP contribution in [-0.2, 0) is 4.79 Å². The van der Waals surface area contributed by atoms with Crippen LogP contribution in [0, 0.1) is 5.41 Å². The molecule has 1 unspecified atom stereocenters. The molecular weight excluding hydrogens is 354 g/mol. The Morgan fingerprint density at radius 1 is 1.28 bits per heavy atom. The summed E-state index contributed by atoms with van der Waals surface area (Å²) in [6, 6.07) is 7.22. The number of aromatic nitrogens is 1. The minimum atomic E-state index is -0.382. The average molecular weight is 372 g/mol. The molecule has 1 aromatic heterocycles. The van der Waals surface area contributed by atoms with E-state index in [9.17, 15) is 4.79 Å². The molecule has 25 heavy (non-hydrogen) atoms. The Hall–Kier alpha value is -1.98. The molecule has 1 aliphatic heterocycles. The molecule has 0 amide bonds. The molecule has 0 saturated carbocycles. The smallest absolute Gasteiger partial charge is 0.163 e. The summed E-state index contributed by atoms with van der Waals surface area (Å²) in [5.41, 5.74) is 2.48. The maximum Gasteiger partial charge on any atom is 0.163 e. The van der Waals surface area contributed by atoms with E-state index in [0.717, 1.165) is 28.3 Å². The summed E-state index contributed by atoms with van der Waals surface area (Å²) >= 11 is 7.95. The van der Waals surface area contributed by atoms with Gasteiger partial charge in [-0.05, 0) is 23.5 Å². The van der Waals surface area contributed by atoms with Gasteiger partial charge in [-0.1, -0.05) is 43.6 Å². The molecule has 0 spiro atoms. The molecule has 6 heteroatoms. The Morgan fingerprint density at radius 2 is 2.08 bits per heavy atom. The first kappa shape index (κ1) is 16.5. The minimum Gasteiger partial charge on any atom is -0.341 e. The van der Waals surface area contributed by atoms with Gasteiger partial charge in [-0.25, -0.2) is 4.98 Å². The second kappa shape index (κ2) is 6.07. The summed E-state index contributed by atoms with van der Waals surface area (Å²) < 4.78 is 0. The number of carbonyl (C=O) groups is 1. The number of allylic oxidation sites excluding steroid dienone is 1. The van der Waals surface area contributed by atoms with Gasteiger partial charge in [0.15, 0.2) is 16.6 Å². The molecular formula is C19H18ClN3OS. The van der Waals surface area contributed by atoms with Crippen molar-refractivity contribution in [2.75, 3.05) is 0 Å². The van der Waals surface area contributed by atoms with E-state index in [1.165, 1.54) is 11.3 Å². The fourth-order valence-corrected chi connectivity index (χ4v) is 4.33. The molecule has 2 aromatic rings. The van der Waals surface area contributed by atoms with Crippen molar-refractivity contribution in [3.63, 3.8) is 0 Å². The van der Waals surface area contributed by atoms with Crippen molar-refractivity contribution in [2.24, 2.45) is 10.4 Å². The minimum absolute atomic E-state index is 0.0702. The Morgan fingerprint density at radius 3 is 2.80 bits per heavy atom. The normalized spacial score (nSPS) is 22.3. The van der Waals surface area contributed by atoms with Gasteiger partial charge in [-0.2, -0.15) is 0 Å². The molecule has 0 radical (unpaired) electrons. The molecule has 1 aliphatic carbocycles. The number of nitrogens with zero attached hydrogens (tertiary/aromatic N) is 2. The molecule has 1 aromatic carbocycles. The molecule has 1 N–H and O–H groups in total. The van der Waals surface area contributed by atoms with Gasteiger partial charge < -0.3 is 5.32 Å². The summed E-state index contributed by atoms with van der Waals surface area (Å²) in [5.74, 6) is 0.856. The van der Waals surface area contributed by atoms with Crippen molar-refractivity contribution in [2.45, 2.75) is 32.7 Å². The largest absolute Gasteiger partial charge is 0.341 e. The van der Waals surface area contributed by atoms with Crippen LogP contribution in [-0.4, -0.2) is 16.6 Å². The van der Waals surface area contributed by atoms with E-state index in [1.54, 1.807) is 6.20 Å². The molecule has 0 saturated heterocycles. The van der Waals surface area contributed by atoms with Gasteiger partial charge in [-0.3, -0.25) is 9.79 Å². The number of hydrogen-bond donors (Lipinski definition) is 1. The van der Waals surface area contributed by atoms with Crippen molar-refractivity contribution >= 4 is 34.6 Å². The number of carbonyl (C=O) groups excluding carboxylic acids is 1. The Balaban J connectivity index is 1.87. The quantitative estimate of drug-likeness (QED) is 0.843. The van der Waals surface area contributed by atoms with Crippen molar-refractivity contribution in [1.29, 1.82) is 0 Å². The number of nitrogens with one attached hydrogen (secondary N) is 1. The fraction of sp³-hybridized carbons (Fsp3) is 0.316. The highest BCUT2D eigenvalue weighted by Crippen LogP contribution is 2.44. The van der Waals surface area contributed by atoms with Gasteiger partial charge in [-0.15, -0.1) is 11.3 Å². The van der Waals surface area contributed by atoms with Gasteiger partial charge >= 0.3 is 0 Å². The van der Waals surface area contributed by atoms with Crippen LogP contribution in [0.3, 0.4) is 0 Å². The van der Waals surface area contributed by atoms with Gasteiger partial charge in [0.05, 0.1) is 0 Å². The number of benzene rings is 1. The van der Waals surface area contributed by atoms with Gasteiger partial charge in [0, 0.05) is 34.3 Å². The summed E-state index contributed by atoms with van der Waals surface area (Å²) in [6.07, 6.45) is 3.09. The van der Waals surface area contributed by atoms with Gasteiger partial charge in [0.1, 0.15) is 6.04 Å². The third-order valence-corrected chi connectivity index (χ3v) is 5.68. The number of ketones is 1. The molecule has 4 rings (SSSR count). The van der Waals surface area contributed by atoms with E-state index >= 15 is 0 Å². The van der Waals surface area contributed by atoms with Gasteiger partial charge in [0.25, 0.3) is 0 Å². The van der Waals surface area contributed by atoms with Crippen molar-refractivity contribution < 1.29 is 4.79 Å². The number of hydrogen-bond acceptors (Lipinski definition) is 5. The van der Waals surface area contributed by atoms with E-state index < -0.39 is 0 Å². The third-order valence-electron chi connectivity index (χ3n) is 4.56. The number of thiazole rings is 1. The van der Waals surface area contributed by atoms with Crippen LogP contribution in [0.25, 0.3) is 0 Å². The van der Waals surface area contributed by atoms with E-state index in [1.807, 2.05) is 29.6 Å². The van der Waals surface area contributed by atoms with Crippen LogP contribution in [0.5, 0.6) is 0 Å². The van der Waals surface area contributed by atoms with E-state index in [4.69, 9.17) is 16.6 Å². The zero-order valence-electron chi connectivity index (χ0n) is 14.0. The second-order valence-corrected chi connectivity index (χ2v) is 8.50. The third kappa shape index (κ3) is 3.02. The number of aliphatic imine (C=N–C) groups is 1. The zero-order chi connectivity index (χ0) is 17.6. The lowest BCUT2D eigenvalue weighted by Gasteiger charge is -2.37. The predicted octanol–water partition coefficient (Wildman–Crippen LogP) is 4.53. The summed E-state index contributed by atoms with van der Waals surface area (Å²) in [7, 11) is 0. The predicted molar refractivity (Wildman–Crippen MR) is 101 cm³/mol. The lowest BCUT2D eigenvalue weighted by Crippen LogP contribution is -2.39. The highest BCUT2D eigenvalue weighted by Gasteiger charge is 2.40. The van der Waals surface area contributed by atoms with Gasteiger partial charge in [0.2, 0.25) is 0 Å². The maximum atomic E-state index is 12.9. The first-order valence-electron chi connectivity index (χ1n) is 8.20. The Kier molecular flexibility index (Phi) is 4.01. The first-order valence-corrected chi connectivity index (χ1v) is 9.46. The lowest BCUT2D eigenvalue weighted by molar-refractivity contribution is -0.118. The summed E-state index contributed by atoms with van der Waals surface area (Å²) in [4.78, 5) is 22.1. The van der Waals surface area contributed by atoms with Crippen LogP contribution in [0.15, 0.2) is 52.1 Å². The van der Waals surface area contributed by atoms with E-state index in [0.29, 0.717) is 17.3 Å². The fourth-order valence-electron chi connectivity index (χ4n) is 3.50. The molecule has 128 valence electrons. The molecule has 1 atom stereocenters. The summed E-state index contributed by atoms with van der Waals surface area (Å²) in [5, 5.41) is 6.74. The lowest BCUT2D eigenvalue weighted by atomic mass is 9.73. The SMILES string of the molecule is CC1(C)CC(=O)C2=C(C1)NC(c1nccs1)=NC2c1ccccc1Cl. The molecule has 2 aliphatic rings. The van der Waals surface area contributed by atoms with E-state index in [2.05, 4.69) is 24.1 Å². The molecule has 2 heterocycles. The monoisotopic (exact) mass is 371 g/mol. The number of amidine groups is 1. The van der Waals surface area contributed by atoms with E-state index in [-0.39, 0.29) is 17.2 Å². The summed E-state index contributed by atoms with van der Waals surface area (Å²) in [6.45, 7) is 4.24. The standard InChI is InChI=1S/C19H18ClN3OS/c1-19(2)9-13-15(14(24)10-19)16(11-5-3-4-6-12(11)20)23-17(22-13)18-21-7-8-25-18/h3-8,16H,9-10H2,1-2H3,(H,22,23). The molecule has 0 bridgehead atoms. The Labute approximate surface area is 155 Å². The van der Waals surface area contributed by atoms with Crippen molar-refractivity contribution in [3.05, 3.63) is 62.7 Å².